The average Bonchev–Trinajstić information content (AvgIpc) is 2.46. The molecule has 118 valence electrons. The van der Waals surface area contributed by atoms with E-state index in [0.717, 1.165) is 24.8 Å². The quantitative estimate of drug-likeness (QED) is 0.364. The summed E-state index contributed by atoms with van der Waals surface area (Å²) in [4.78, 5) is 6.57. The topological polar surface area (TPSA) is 50.9 Å². The number of piperidine rings is 1. The molecule has 0 spiro atoms. The molecule has 0 atom stereocenters. The zero-order chi connectivity index (χ0) is 14.4. The molecule has 0 amide bonds. The molecular weight excluding hydrogens is 377 g/mol. The van der Waals surface area contributed by atoms with Crippen molar-refractivity contribution in [2.75, 3.05) is 26.2 Å². The molecule has 0 radical (unpaired) electrons. The van der Waals surface area contributed by atoms with E-state index >= 15 is 0 Å². The van der Waals surface area contributed by atoms with Gasteiger partial charge in [0.15, 0.2) is 5.96 Å². The van der Waals surface area contributed by atoms with Gasteiger partial charge in [-0.25, -0.2) is 4.99 Å². The highest BCUT2D eigenvalue weighted by Crippen LogP contribution is 2.15. The summed E-state index contributed by atoms with van der Waals surface area (Å²) >= 11 is 0. The van der Waals surface area contributed by atoms with Gasteiger partial charge in [-0.2, -0.15) is 0 Å². The molecule has 1 aliphatic rings. The first-order valence-electron chi connectivity index (χ1n) is 7.39. The molecule has 0 aliphatic carbocycles. The van der Waals surface area contributed by atoms with E-state index in [4.69, 9.17) is 10.5 Å². The average molecular weight is 403 g/mol. The second-order valence-electron chi connectivity index (χ2n) is 5.57. The third-order valence-corrected chi connectivity index (χ3v) is 3.76. The normalized spacial score (nSPS) is 16.5. The van der Waals surface area contributed by atoms with E-state index in [1.54, 1.807) is 0 Å². The standard InChI is InChI=1S/C16H25N3O.HI/c1-13-3-5-15(6-4-13)20-12-9-18-16(17)19-10-7-14(2)8-11-19;/h3-6,14H,7-12H2,1-2H3,(H2,17,18);1H. The third kappa shape index (κ3) is 6.11. The Bertz CT molecular complexity index is 439. The minimum Gasteiger partial charge on any atom is -0.492 e. The van der Waals surface area contributed by atoms with Gasteiger partial charge in [0.2, 0.25) is 0 Å². The lowest BCUT2D eigenvalue weighted by molar-refractivity contribution is 0.276. The number of nitrogens with two attached hydrogens (primary N) is 1. The maximum atomic E-state index is 6.01. The lowest BCUT2D eigenvalue weighted by Crippen LogP contribution is -2.42. The first-order valence-corrected chi connectivity index (χ1v) is 7.39. The van der Waals surface area contributed by atoms with Gasteiger partial charge in [0, 0.05) is 13.1 Å². The van der Waals surface area contributed by atoms with Gasteiger partial charge in [-0.3, -0.25) is 0 Å². The lowest BCUT2D eigenvalue weighted by atomic mass is 10.00. The Kier molecular flexibility index (Phi) is 7.85. The number of guanidine groups is 1. The number of aliphatic imine (C=N–C) groups is 1. The fourth-order valence-electron chi connectivity index (χ4n) is 2.30. The minimum atomic E-state index is 0. The highest BCUT2D eigenvalue weighted by Gasteiger charge is 2.16. The van der Waals surface area contributed by atoms with Gasteiger partial charge < -0.3 is 15.4 Å². The van der Waals surface area contributed by atoms with E-state index in [2.05, 4.69) is 23.7 Å². The Morgan fingerprint density at radius 1 is 1.29 bits per heavy atom. The van der Waals surface area contributed by atoms with Crippen molar-refractivity contribution in [1.29, 1.82) is 0 Å². The predicted octanol–water partition coefficient (Wildman–Crippen LogP) is 3.04. The Labute approximate surface area is 144 Å². The molecule has 2 rings (SSSR count). The Morgan fingerprint density at radius 3 is 2.52 bits per heavy atom. The molecule has 1 aliphatic heterocycles. The molecule has 1 saturated heterocycles. The number of rotatable bonds is 4. The molecule has 0 saturated carbocycles. The van der Waals surface area contributed by atoms with Crippen LogP contribution in [0.4, 0.5) is 0 Å². The SMILES string of the molecule is Cc1ccc(OCCN=C(N)N2CCC(C)CC2)cc1.I. The van der Waals surface area contributed by atoms with Crippen LogP contribution in [0.2, 0.25) is 0 Å². The second-order valence-corrected chi connectivity index (χ2v) is 5.57. The maximum absolute atomic E-state index is 6.01. The molecule has 5 heteroatoms. The van der Waals surface area contributed by atoms with Gasteiger partial charge in [0.05, 0.1) is 6.54 Å². The zero-order valence-corrected chi connectivity index (χ0v) is 15.2. The number of hydrogen-bond acceptors (Lipinski definition) is 2. The molecular formula is C16H26IN3O. The van der Waals surface area contributed by atoms with Crippen molar-refractivity contribution >= 4 is 29.9 Å². The highest BCUT2D eigenvalue weighted by atomic mass is 127. The summed E-state index contributed by atoms with van der Waals surface area (Å²) in [6.07, 6.45) is 2.41. The second kappa shape index (κ2) is 9.12. The van der Waals surface area contributed by atoms with Crippen molar-refractivity contribution in [2.24, 2.45) is 16.6 Å². The summed E-state index contributed by atoms with van der Waals surface area (Å²) in [5.41, 5.74) is 7.25. The van der Waals surface area contributed by atoms with Crippen LogP contribution in [0.5, 0.6) is 5.75 Å². The van der Waals surface area contributed by atoms with Crippen molar-refractivity contribution in [2.45, 2.75) is 26.7 Å². The molecule has 0 aromatic heterocycles. The van der Waals surface area contributed by atoms with Crippen molar-refractivity contribution in [1.82, 2.24) is 4.90 Å². The number of likely N-dealkylation sites (tertiary alicyclic amines) is 1. The number of hydrogen-bond donors (Lipinski definition) is 1. The van der Waals surface area contributed by atoms with Gasteiger partial charge in [0.25, 0.3) is 0 Å². The van der Waals surface area contributed by atoms with Crippen LogP contribution < -0.4 is 10.5 Å². The Hall–Kier alpha value is -0.980. The molecule has 1 fully saturated rings. The van der Waals surface area contributed by atoms with Crippen LogP contribution in [-0.2, 0) is 0 Å². The van der Waals surface area contributed by atoms with Crippen LogP contribution in [0, 0.1) is 12.8 Å². The number of benzene rings is 1. The van der Waals surface area contributed by atoms with Crippen molar-refractivity contribution in [3.8, 4) is 5.75 Å². The summed E-state index contributed by atoms with van der Waals surface area (Å²) in [6, 6.07) is 8.05. The van der Waals surface area contributed by atoms with Gasteiger partial charge in [-0.15, -0.1) is 24.0 Å². The summed E-state index contributed by atoms with van der Waals surface area (Å²) in [7, 11) is 0. The van der Waals surface area contributed by atoms with Gasteiger partial charge in [0.1, 0.15) is 12.4 Å². The van der Waals surface area contributed by atoms with E-state index in [9.17, 15) is 0 Å². The number of ether oxygens (including phenoxy) is 1. The molecule has 0 bridgehead atoms. The van der Waals surface area contributed by atoms with Crippen LogP contribution >= 0.6 is 24.0 Å². The molecule has 21 heavy (non-hydrogen) atoms. The van der Waals surface area contributed by atoms with Gasteiger partial charge in [-0.05, 0) is 37.8 Å². The lowest BCUT2D eigenvalue weighted by Gasteiger charge is -2.31. The van der Waals surface area contributed by atoms with Crippen LogP contribution in [0.1, 0.15) is 25.3 Å². The molecule has 1 heterocycles. The van der Waals surface area contributed by atoms with Crippen LogP contribution in [0.25, 0.3) is 0 Å². The largest absolute Gasteiger partial charge is 0.492 e. The van der Waals surface area contributed by atoms with E-state index in [-0.39, 0.29) is 24.0 Å². The third-order valence-electron chi connectivity index (χ3n) is 3.76. The Balaban J connectivity index is 0.00000220. The molecule has 1 aromatic rings. The van der Waals surface area contributed by atoms with E-state index in [1.807, 2.05) is 24.3 Å². The van der Waals surface area contributed by atoms with Crippen LogP contribution in [-0.4, -0.2) is 37.1 Å². The summed E-state index contributed by atoms with van der Waals surface area (Å²) in [6.45, 7) is 7.57. The van der Waals surface area contributed by atoms with Crippen molar-refractivity contribution in [3.05, 3.63) is 29.8 Å². The van der Waals surface area contributed by atoms with Gasteiger partial charge in [-0.1, -0.05) is 24.6 Å². The first kappa shape index (κ1) is 18.1. The number of halogens is 1. The highest BCUT2D eigenvalue weighted by molar-refractivity contribution is 14.0. The van der Waals surface area contributed by atoms with E-state index < -0.39 is 0 Å². The van der Waals surface area contributed by atoms with Crippen LogP contribution in [0.3, 0.4) is 0 Å². The Morgan fingerprint density at radius 2 is 1.90 bits per heavy atom. The molecule has 1 aromatic carbocycles. The smallest absolute Gasteiger partial charge is 0.191 e. The zero-order valence-electron chi connectivity index (χ0n) is 12.9. The summed E-state index contributed by atoms with van der Waals surface area (Å²) in [5.74, 6) is 2.35. The predicted molar refractivity (Wildman–Crippen MR) is 98.5 cm³/mol. The van der Waals surface area contributed by atoms with E-state index in [0.29, 0.717) is 19.1 Å². The van der Waals surface area contributed by atoms with E-state index in [1.165, 1.54) is 18.4 Å². The van der Waals surface area contributed by atoms with Crippen molar-refractivity contribution in [3.63, 3.8) is 0 Å². The first-order chi connectivity index (χ1) is 9.65. The molecule has 0 unspecified atom stereocenters. The fourth-order valence-corrected chi connectivity index (χ4v) is 2.30. The fraction of sp³-hybridized carbons (Fsp3) is 0.562. The minimum absolute atomic E-state index is 0. The van der Waals surface area contributed by atoms with Crippen molar-refractivity contribution < 1.29 is 4.74 Å². The summed E-state index contributed by atoms with van der Waals surface area (Å²) in [5, 5.41) is 0. The summed E-state index contributed by atoms with van der Waals surface area (Å²) < 4.78 is 5.63. The van der Waals surface area contributed by atoms with Gasteiger partial charge >= 0.3 is 0 Å². The number of aryl methyl sites for hydroxylation is 1. The molecule has 2 N–H and O–H groups in total. The number of nitrogens with zero attached hydrogens (tertiary/aromatic N) is 2. The monoisotopic (exact) mass is 403 g/mol. The van der Waals surface area contributed by atoms with Crippen LogP contribution in [0.15, 0.2) is 29.3 Å². The maximum Gasteiger partial charge on any atom is 0.191 e. The molecule has 4 nitrogen and oxygen atoms in total.